The van der Waals surface area contributed by atoms with Crippen LogP contribution in [0.3, 0.4) is 0 Å². The lowest BCUT2D eigenvalue weighted by Crippen LogP contribution is -2.37. The molecule has 0 aromatic heterocycles. The maximum atomic E-state index is 12.6. The molecule has 0 spiro atoms. The van der Waals surface area contributed by atoms with Crippen LogP contribution < -0.4 is 9.64 Å². The van der Waals surface area contributed by atoms with Crippen LogP contribution in [-0.4, -0.2) is 50.4 Å². The van der Waals surface area contributed by atoms with Crippen LogP contribution in [0.1, 0.15) is 10.4 Å². The van der Waals surface area contributed by atoms with Gasteiger partial charge in [-0.05, 0) is 30.3 Å². The van der Waals surface area contributed by atoms with E-state index in [0.717, 1.165) is 4.47 Å². The lowest BCUT2D eigenvalue weighted by atomic mass is 10.1. The normalized spacial score (nSPS) is 13.8. The van der Waals surface area contributed by atoms with Crippen molar-refractivity contribution in [1.29, 1.82) is 0 Å². The Morgan fingerprint density at radius 2 is 1.86 bits per heavy atom. The third-order valence-electron chi connectivity index (χ3n) is 4.16. The predicted octanol–water partition coefficient (Wildman–Crippen LogP) is 3.43. The summed E-state index contributed by atoms with van der Waals surface area (Å²) < 4.78 is 17.1. The van der Waals surface area contributed by atoms with Crippen LogP contribution in [-0.2, 0) is 9.47 Å². The van der Waals surface area contributed by atoms with Gasteiger partial charge in [0.2, 0.25) is 0 Å². The van der Waals surface area contributed by atoms with Crippen molar-refractivity contribution in [2.75, 3.05) is 44.4 Å². The standard InChI is InChI=1S/C19H19BrN2O6/c20-14-1-4-16(5-2-14)27-11-12-28-19(23)17-13-15(22(24)25)3-6-18(17)21-7-9-26-10-8-21/h1-6,13H,7-12H2. The summed E-state index contributed by atoms with van der Waals surface area (Å²) in [6.45, 7) is 2.48. The number of anilines is 1. The number of halogens is 1. The predicted molar refractivity (Wildman–Crippen MR) is 106 cm³/mol. The summed E-state index contributed by atoms with van der Waals surface area (Å²) in [6.07, 6.45) is 0. The highest BCUT2D eigenvalue weighted by molar-refractivity contribution is 9.10. The molecule has 3 rings (SSSR count). The van der Waals surface area contributed by atoms with Crippen molar-refractivity contribution in [2.45, 2.75) is 0 Å². The minimum Gasteiger partial charge on any atom is -0.490 e. The summed E-state index contributed by atoms with van der Waals surface area (Å²) in [5, 5.41) is 11.1. The van der Waals surface area contributed by atoms with Gasteiger partial charge in [-0.2, -0.15) is 0 Å². The van der Waals surface area contributed by atoms with Crippen LogP contribution in [0.4, 0.5) is 11.4 Å². The fourth-order valence-electron chi connectivity index (χ4n) is 2.78. The minimum atomic E-state index is -0.621. The van der Waals surface area contributed by atoms with E-state index >= 15 is 0 Å². The Bertz CT molecular complexity index is 837. The van der Waals surface area contributed by atoms with E-state index in [9.17, 15) is 14.9 Å². The zero-order chi connectivity index (χ0) is 19.9. The lowest BCUT2D eigenvalue weighted by Gasteiger charge is -2.30. The van der Waals surface area contributed by atoms with Gasteiger partial charge in [-0.25, -0.2) is 4.79 Å². The Labute approximate surface area is 170 Å². The maximum absolute atomic E-state index is 12.6. The molecule has 8 nitrogen and oxygen atoms in total. The van der Waals surface area contributed by atoms with Crippen LogP contribution in [0.25, 0.3) is 0 Å². The number of hydrogen-bond donors (Lipinski definition) is 0. The molecule has 0 unspecified atom stereocenters. The van der Waals surface area contributed by atoms with Crippen molar-refractivity contribution in [1.82, 2.24) is 0 Å². The molecule has 0 amide bonds. The first kappa shape index (κ1) is 20.1. The number of carbonyl (C=O) groups is 1. The number of nitro benzene ring substituents is 1. The van der Waals surface area contributed by atoms with E-state index in [1.165, 1.54) is 12.1 Å². The highest BCUT2D eigenvalue weighted by Crippen LogP contribution is 2.27. The monoisotopic (exact) mass is 450 g/mol. The van der Waals surface area contributed by atoms with Crippen molar-refractivity contribution in [3.05, 3.63) is 62.6 Å². The lowest BCUT2D eigenvalue weighted by molar-refractivity contribution is -0.384. The second-order valence-electron chi connectivity index (χ2n) is 6.00. The molecule has 148 valence electrons. The van der Waals surface area contributed by atoms with Gasteiger partial charge < -0.3 is 19.1 Å². The third-order valence-corrected chi connectivity index (χ3v) is 4.69. The smallest absolute Gasteiger partial charge is 0.340 e. The number of esters is 1. The van der Waals surface area contributed by atoms with Crippen LogP contribution in [0, 0.1) is 10.1 Å². The highest BCUT2D eigenvalue weighted by Gasteiger charge is 2.23. The highest BCUT2D eigenvalue weighted by atomic mass is 79.9. The van der Waals surface area contributed by atoms with Gasteiger partial charge in [-0.3, -0.25) is 10.1 Å². The van der Waals surface area contributed by atoms with E-state index in [-0.39, 0.29) is 24.5 Å². The van der Waals surface area contributed by atoms with Crippen LogP contribution in [0.2, 0.25) is 0 Å². The molecule has 1 heterocycles. The average Bonchev–Trinajstić information content (AvgIpc) is 2.72. The van der Waals surface area contributed by atoms with Gasteiger partial charge in [0, 0.05) is 29.7 Å². The van der Waals surface area contributed by atoms with Gasteiger partial charge in [-0.1, -0.05) is 15.9 Å². The second-order valence-corrected chi connectivity index (χ2v) is 6.91. The number of benzene rings is 2. The van der Waals surface area contributed by atoms with E-state index < -0.39 is 10.9 Å². The molecule has 1 saturated heterocycles. The molecule has 9 heteroatoms. The summed E-state index contributed by atoms with van der Waals surface area (Å²) >= 11 is 3.34. The molecule has 1 fully saturated rings. The van der Waals surface area contributed by atoms with Gasteiger partial charge in [-0.15, -0.1) is 0 Å². The summed E-state index contributed by atoms with van der Waals surface area (Å²) in [5.74, 6) is 0.0354. The number of hydrogen-bond acceptors (Lipinski definition) is 7. The fraction of sp³-hybridized carbons (Fsp3) is 0.316. The van der Waals surface area contributed by atoms with Crippen molar-refractivity contribution < 1.29 is 23.9 Å². The van der Waals surface area contributed by atoms with Crippen molar-refractivity contribution in [3.8, 4) is 5.75 Å². The first-order valence-electron chi connectivity index (χ1n) is 8.71. The van der Waals surface area contributed by atoms with Crippen molar-refractivity contribution in [2.24, 2.45) is 0 Å². The topological polar surface area (TPSA) is 91.1 Å². The molecule has 28 heavy (non-hydrogen) atoms. The number of morpholine rings is 1. The van der Waals surface area contributed by atoms with Gasteiger partial charge in [0.25, 0.3) is 5.69 Å². The largest absolute Gasteiger partial charge is 0.490 e. The summed E-state index contributed by atoms with van der Waals surface area (Å²) in [5.41, 5.74) is 0.613. The minimum absolute atomic E-state index is 0.0279. The van der Waals surface area contributed by atoms with E-state index in [0.29, 0.717) is 37.7 Å². The summed E-state index contributed by atoms with van der Waals surface area (Å²) in [7, 11) is 0. The Morgan fingerprint density at radius 1 is 1.14 bits per heavy atom. The molecular formula is C19H19BrN2O6. The first-order valence-corrected chi connectivity index (χ1v) is 9.50. The van der Waals surface area contributed by atoms with E-state index in [1.54, 1.807) is 18.2 Å². The third kappa shape index (κ3) is 5.20. The Morgan fingerprint density at radius 3 is 2.54 bits per heavy atom. The molecule has 0 saturated carbocycles. The number of ether oxygens (including phenoxy) is 3. The number of non-ortho nitro benzene ring substituents is 1. The number of rotatable bonds is 7. The maximum Gasteiger partial charge on any atom is 0.340 e. The first-order chi connectivity index (χ1) is 13.5. The Kier molecular flexibility index (Phi) is 6.83. The van der Waals surface area contributed by atoms with Crippen LogP contribution >= 0.6 is 15.9 Å². The molecule has 2 aromatic rings. The number of carbonyl (C=O) groups excluding carboxylic acids is 1. The molecule has 1 aliphatic heterocycles. The molecule has 0 bridgehead atoms. The average molecular weight is 451 g/mol. The number of nitro groups is 1. The molecule has 0 atom stereocenters. The van der Waals surface area contributed by atoms with E-state index in [4.69, 9.17) is 14.2 Å². The fourth-order valence-corrected chi connectivity index (χ4v) is 3.05. The Hall–Kier alpha value is -2.65. The van der Waals surface area contributed by atoms with Crippen molar-refractivity contribution >= 4 is 33.3 Å². The Balaban J connectivity index is 1.65. The van der Waals surface area contributed by atoms with E-state index in [1.807, 2.05) is 17.0 Å². The van der Waals surface area contributed by atoms with Gasteiger partial charge in [0.05, 0.1) is 29.4 Å². The summed E-state index contributed by atoms with van der Waals surface area (Å²) in [4.78, 5) is 25.1. The zero-order valence-electron chi connectivity index (χ0n) is 15.0. The molecule has 0 aliphatic carbocycles. The molecule has 2 aromatic carbocycles. The molecule has 0 N–H and O–H groups in total. The quantitative estimate of drug-likeness (QED) is 0.276. The van der Waals surface area contributed by atoms with Crippen LogP contribution in [0.5, 0.6) is 5.75 Å². The van der Waals surface area contributed by atoms with Gasteiger partial charge in [0.15, 0.2) is 0 Å². The van der Waals surface area contributed by atoms with Crippen molar-refractivity contribution in [3.63, 3.8) is 0 Å². The molecular weight excluding hydrogens is 432 g/mol. The second kappa shape index (κ2) is 9.52. The van der Waals surface area contributed by atoms with Crippen LogP contribution in [0.15, 0.2) is 46.9 Å². The SMILES string of the molecule is O=C(OCCOc1ccc(Br)cc1)c1cc([N+](=O)[O-])ccc1N1CCOCC1. The zero-order valence-corrected chi connectivity index (χ0v) is 16.6. The molecule has 1 aliphatic rings. The van der Waals surface area contributed by atoms with Gasteiger partial charge >= 0.3 is 5.97 Å². The molecule has 0 radical (unpaired) electrons. The van der Waals surface area contributed by atoms with Gasteiger partial charge in [0.1, 0.15) is 19.0 Å². The summed E-state index contributed by atoms with van der Waals surface area (Å²) in [6, 6.07) is 11.5. The van der Waals surface area contributed by atoms with E-state index in [2.05, 4.69) is 15.9 Å². The number of nitrogens with zero attached hydrogens (tertiary/aromatic N) is 2.